The van der Waals surface area contributed by atoms with Gasteiger partial charge in [0.15, 0.2) is 0 Å². The topological polar surface area (TPSA) is 27.7 Å². The molecule has 0 radical (unpaired) electrons. The molecule has 2 aliphatic heterocycles. The van der Waals surface area contributed by atoms with E-state index in [4.69, 9.17) is 14.2 Å². The molecule has 0 saturated carbocycles. The number of hydrogen-bond donors (Lipinski definition) is 0. The Morgan fingerprint density at radius 2 is 1.40 bits per heavy atom. The van der Waals surface area contributed by atoms with Crippen molar-refractivity contribution in [1.82, 2.24) is 0 Å². The van der Waals surface area contributed by atoms with Gasteiger partial charge in [-0.15, -0.1) is 0 Å². The molecule has 2 bridgehead atoms. The van der Waals surface area contributed by atoms with Gasteiger partial charge in [-0.2, -0.15) is 0 Å². The second-order valence-electron chi connectivity index (χ2n) is 8.48. The predicted octanol–water partition coefficient (Wildman–Crippen LogP) is 5.34. The van der Waals surface area contributed by atoms with Crippen LogP contribution < -0.4 is 0 Å². The van der Waals surface area contributed by atoms with Gasteiger partial charge in [0.05, 0.1) is 25.4 Å². The summed E-state index contributed by atoms with van der Waals surface area (Å²) in [6.45, 7) is 3.67. The molecule has 2 aromatic carbocycles. The largest absolute Gasteiger partial charge is 0.384 e. The number of methoxy groups -OCH3 is 2. The third-order valence-electron chi connectivity index (χ3n) is 6.60. The van der Waals surface area contributed by atoms with Crippen LogP contribution in [0.5, 0.6) is 0 Å². The van der Waals surface area contributed by atoms with Gasteiger partial charge in [-0.05, 0) is 18.1 Å². The molecule has 2 saturated heterocycles. The Morgan fingerprint density at radius 1 is 0.833 bits per heavy atom. The number of hydrogen-bond acceptors (Lipinski definition) is 3. The Kier molecular flexibility index (Phi) is 6.83. The van der Waals surface area contributed by atoms with Crippen LogP contribution in [0.4, 0.5) is 0 Å². The van der Waals surface area contributed by atoms with Crippen LogP contribution in [-0.4, -0.2) is 39.6 Å². The molecule has 0 unspecified atom stereocenters. The van der Waals surface area contributed by atoms with Crippen LogP contribution in [0.15, 0.2) is 72.3 Å². The number of ether oxygens (including phenoxy) is 3. The summed E-state index contributed by atoms with van der Waals surface area (Å²) in [6.07, 6.45) is 7.22. The summed E-state index contributed by atoms with van der Waals surface area (Å²) in [5.41, 5.74) is 3.83. The molecule has 2 fully saturated rings. The average Bonchev–Trinajstić information content (AvgIpc) is 3.30. The molecule has 0 aliphatic carbocycles. The Bertz CT molecular complexity index is 858. The van der Waals surface area contributed by atoms with Crippen molar-refractivity contribution in [3.05, 3.63) is 83.4 Å². The monoisotopic (exact) mass is 404 g/mol. The second kappa shape index (κ2) is 9.74. The van der Waals surface area contributed by atoms with Gasteiger partial charge in [0.2, 0.25) is 0 Å². The lowest BCUT2D eigenvalue weighted by molar-refractivity contribution is 0.0446. The van der Waals surface area contributed by atoms with Gasteiger partial charge in [0, 0.05) is 37.9 Å². The van der Waals surface area contributed by atoms with E-state index in [0.29, 0.717) is 36.9 Å². The molecule has 2 heterocycles. The quantitative estimate of drug-likeness (QED) is 0.594. The Hall–Kier alpha value is -2.20. The van der Waals surface area contributed by atoms with Crippen LogP contribution in [-0.2, 0) is 14.2 Å². The molecule has 3 nitrogen and oxygen atoms in total. The SMILES string of the molecule is COC[C@@H]1[C@H](COC)[C@@H]2O[C@H]1[C@@H](/C=C/c1ccccc1)[C@H]2/C(C)=C/c1ccccc1. The van der Waals surface area contributed by atoms with Crippen LogP contribution in [0.1, 0.15) is 18.1 Å². The highest BCUT2D eigenvalue weighted by Crippen LogP contribution is 2.53. The molecule has 2 aliphatic rings. The fraction of sp³-hybridized carbons (Fsp3) is 0.407. The van der Waals surface area contributed by atoms with Crippen LogP contribution in [0.3, 0.4) is 0 Å². The predicted molar refractivity (Wildman–Crippen MR) is 122 cm³/mol. The van der Waals surface area contributed by atoms with Crippen LogP contribution in [0, 0.1) is 23.7 Å². The smallest absolute Gasteiger partial charge is 0.0705 e. The fourth-order valence-electron chi connectivity index (χ4n) is 5.33. The summed E-state index contributed by atoms with van der Waals surface area (Å²) in [6, 6.07) is 21.1. The van der Waals surface area contributed by atoms with Crippen molar-refractivity contribution >= 4 is 12.2 Å². The van der Waals surface area contributed by atoms with Crippen molar-refractivity contribution in [2.24, 2.45) is 23.7 Å². The van der Waals surface area contributed by atoms with E-state index in [2.05, 4.69) is 85.8 Å². The van der Waals surface area contributed by atoms with Gasteiger partial charge >= 0.3 is 0 Å². The maximum Gasteiger partial charge on any atom is 0.0705 e. The van der Waals surface area contributed by atoms with E-state index in [1.165, 1.54) is 16.7 Å². The van der Waals surface area contributed by atoms with E-state index in [1.807, 2.05) is 0 Å². The van der Waals surface area contributed by atoms with E-state index in [0.717, 1.165) is 0 Å². The molecular weight excluding hydrogens is 372 g/mol. The second-order valence-corrected chi connectivity index (χ2v) is 8.48. The first-order valence-electron chi connectivity index (χ1n) is 10.8. The molecule has 30 heavy (non-hydrogen) atoms. The summed E-state index contributed by atoms with van der Waals surface area (Å²) in [7, 11) is 3.56. The molecule has 2 aromatic rings. The fourth-order valence-corrected chi connectivity index (χ4v) is 5.33. The highest BCUT2D eigenvalue weighted by atomic mass is 16.5. The van der Waals surface area contributed by atoms with Gasteiger partial charge in [-0.25, -0.2) is 0 Å². The van der Waals surface area contributed by atoms with E-state index >= 15 is 0 Å². The van der Waals surface area contributed by atoms with E-state index in [-0.39, 0.29) is 12.2 Å². The minimum atomic E-state index is 0.152. The summed E-state index contributed by atoms with van der Waals surface area (Å²) in [5.74, 6) is 1.36. The van der Waals surface area contributed by atoms with Gasteiger partial charge < -0.3 is 14.2 Å². The lowest BCUT2D eigenvalue weighted by Crippen LogP contribution is -2.43. The van der Waals surface area contributed by atoms with Gasteiger partial charge in [0.1, 0.15) is 0 Å². The number of fused-ring (bicyclic) bond motifs is 2. The molecule has 4 rings (SSSR count). The van der Waals surface area contributed by atoms with E-state index < -0.39 is 0 Å². The van der Waals surface area contributed by atoms with Crippen LogP contribution in [0.25, 0.3) is 12.2 Å². The van der Waals surface area contributed by atoms with Crippen molar-refractivity contribution in [3.8, 4) is 0 Å². The zero-order valence-corrected chi connectivity index (χ0v) is 18.1. The molecule has 3 heteroatoms. The Balaban J connectivity index is 1.67. The lowest BCUT2D eigenvalue weighted by atomic mass is 9.66. The number of benzene rings is 2. The molecule has 0 spiro atoms. The van der Waals surface area contributed by atoms with Crippen molar-refractivity contribution in [2.45, 2.75) is 19.1 Å². The Morgan fingerprint density at radius 3 is 2.00 bits per heavy atom. The summed E-state index contributed by atoms with van der Waals surface area (Å²) >= 11 is 0. The number of rotatable bonds is 8. The first kappa shape index (κ1) is 21.0. The summed E-state index contributed by atoms with van der Waals surface area (Å²) in [4.78, 5) is 0. The standard InChI is InChI=1S/C27H32O3/c1-19(16-21-12-8-5-9-13-21)25-22(15-14-20-10-6-4-7-11-20)26-23(17-28-2)24(18-29-3)27(25)30-26/h4-16,22-27H,17-18H2,1-3H3/b15-14+,19-16+/t22-,23+,24-,25+,26-,27-/m0/s1. The zero-order chi connectivity index (χ0) is 20.9. The molecule has 0 N–H and O–H groups in total. The normalized spacial score (nSPS) is 31.0. The van der Waals surface area contributed by atoms with Gasteiger partial charge in [0.25, 0.3) is 0 Å². The first-order valence-corrected chi connectivity index (χ1v) is 10.8. The third kappa shape index (κ3) is 4.29. The van der Waals surface area contributed by atoms with Crippen molar-refractivity contribution in [2.75, 3.05) is 27.4 Å². The van der Waals surface area contributed by atoms with E-state index in [1.54, 1.807) is 14.2 Å². The van der Waals surface area contributed by atoms with Crippen molar-refractivity contribution in [1.29, 1.82) is 0 Å². The highest BCUT2D eigenvalue weighted by molar-refractivity contribution is 5.55. The van der Waals surface area contributed by atoms with Gasteiger partial charge in [-0.1, -0.05) is 84.5 Å². The molecule has 0 amide bonds. The van der Waals surface area contributed by atoms with Crippen molar-refractivity contribution in [3.63, 3.8) is 0 Å². The molecule has 6 atom stereocenters. The van der Waals surface area contributed by atoms with Crippen LogP contribution in [0.2, 0.25) is 0 Å². The highest BCUT2D eigenvalue weighted by Gasteiger charge is 2.58. The molecular formula is C27H32O3. The molecule has 158 valence electrons. The maximum absolute atomic E-state index is 6.62. The maximum atomic E-state index is 6.62. The summed E-state index contributed by atoms with van der Waals surface area (Å²) in [5, 5.41) is 0. The average molecular weight is 405 g/mol. The van der Waals surface area contributed by atoms with Gasteiger partial charge in [-0.3, -0.25) is 0 Å². The summed E-state index contributed by atoms with van der Waals surface area (Å²) < 4.78 is 17.8. The lowest BCUT2D eigenvalue weighted by Gasteiger charge is -2.37. The first-order chi connectivity index (χ1) is 14.7. The Labute approximate surface area is 180 Å². The van der Waals surface area contributed by atoms with E-state index in [9.17, 15) is 0 Å². The third-order valence-corrected chi connectivity index (χ3v) is 6.60. The minimum Gasteiger partial charge on any atom is -0.384 e. The zero-order valence-electron chi connectivity index (χ0n) is 18.1. The van der Waals surface area contributed by atoms with Crippen molar-refractivity contribution < 1.29 is 14.2 Å². The minimum absolute atomic E-state index is 0.152. The molecule has 0 aromatic heterocycles. The van der Waals surface area contributed by atoms with Crippen LogP contribution >= 0.6 is 0 Å².